The van der Waals surface area contributed by atoms with Crippen LogP contribution in [0.3, 0.4) is 0 Å². The Morgan fingerprint density at radius 1 is 1.20 bits per heavy atom. The van der Waals surface area contributed by atoms with E-state index in [-0.39, 0.29) is 9.80 Å². The third-order valence-electron chi connectivity index (χ3n) is 2.80. The van der Waals surface area contributed by atoms with Crippen LogP contribution in [0.25, 0.3) is 6.08 Å². The minimum absolute atomic E-state index is 0.0446. The summed E-state index contributed by atoms with van der Waals surface area (Å²) in [6.45, 7) is -0.413. The number of fused-ring (bicyclic) bond motifs is 1. The average molecular weight is 319 g/mol. The summed E-state index contributed by atoms with van der Waals surface area (Å²) in [6, 6.07) is 2.91. The summed E-state index contributed by atoms with van der Waals surface area (Å²) in [5, 5.41) is 0. The van der Waals surface area contributed by atoms with E-state index < -0.39 is 21.9 Å². The highest BCUT2D eigenvalue weighted by Gasteiger charge is 2.32. The summed E-state index contributed by atoms with van der Waals surface area (Å²) >= 11 is 5.03. The van der Waals surface area contributed by atoms with E-state index in [9.17, 15) is 13.2 Å². The first-order chi connectivity index (χ1) is 9.40. The predicted octanol–water partition coefficient (Wildman–Crippen LogP) is 2.21. The molecule has 0 unspecified atom stereocenters. The van der Waals surface area contributed by atoms with Gasteiger partial charge in [-0.05, 0) is 17.7 Å². The second kappa shape index (κ2) is 5.34. The minimum Gasteiger partial charge on any atom is -0.493 e. The summed E-state index contributed by atoms with van der Waals surface area (Å²) in [5.74, 6) is 0.715. The summed E-state index contributed by atoms with van der Waals surface area (Å²) < 4.78 is 39.2. The number of rotatable bonds is 4. The van der Waals surface area contributed by atoms with Gasteiger partial charge in [0.25, 0.3) is 0 Å². The Hall–Kier alpha value is -1.73. The largest absolute Gasteiger partial charge is 0.493 e. The maximum Gasteiger partial charge on any atom is 0.404 e. The van der Waals surface area contributed by atoms with E-state index in [1.54, 1.807) is 6.07 Å². The zero-order chi connectivity index (χ0) is 14.9. The molecule has 1 aromatic rings. The van der Waals surface area contributed by atoms with Crippen LogP contribution >= 0.6 is 11.6 Å². The van der Waals surface area contributed by atoms with E-state index in [1.165, 1.54) is 26.4 Å². The van der Waals surface area contributed by atoms with Crippen LogP contribution in [0, 0.1) is 0 Å². The summed E-state index contributed by atoms with van der Waals surface area (Å²) in [7, 11) is -0.846. The van der Waals surface area contributed by atoms with Crippen LogP contribution < -0.4 is 9.47 Å². The molecule has 0 saturated heterocycles. The second-order valence-electron chi connectivity index (χ2n) is 3.89. The number of carbonyl (C=O) groups is 1. The number of halogens is 1. The van der Waals surface area contributed by atoms with Crippen LogP contribution in [0.5, 0.6) is 11.5 Å². The van der Waals surface area contributed by atoms with Crippen molar-refractivity contribution >= 4 is 32.9 Å². The monoisotopic (exact) mass is 318 g/mol. The molecule has 8 heteroatoms. The lowest BCUT2D eigenvalue weighted by Gasteiger charge is -2.09. The average Bonchev–Trinajstić information content (AvgIpc) is 2.65. The minimum atomic E-state index is -3.71. The quantitative estimate of drug-likeness (QED) is 0.792. The molecular formula is C12H11ClO6S. The van der Waals surface area contributed by atoms with Gasteiger partial charge >= 0.3 is 5.43 Å². The van der Waals surface area contributed by atoms with Crippen molar-refractivity contribution in [3.63, 3.8) is 0 Å². The summed E-state index contributed by atoms with van der Waals surface area (Å²) in [5.41, 5.74) is -0.615. The van der Waals surface area contributed by atoms with E-state index in [2.05, 4.69) is 4.74 Å². The van der Waals surface area contributed by atoms with Crippen molar-refractivity contribution in [2.45, 2.75) is 4.90 Å². The number of sulfone groups is 1. The Bertz CT molecular complexity index is 692. The van der Waals surface area contributed by atoms with Gasteiger partial charge < -0.3 is 14.2 Å². The van der Waals surface area contributed by atoms with Gasteiger partial charge in [0.1, 0.15) is 6.61 Å². The van der Waals surface area contributed by atoms with Gasteiger partial charge in [0.2, 0.25) is 9.84 Å². The van der Waals surface area contributed by atoms with Gasteiger partial charge in [-0.15, -0.1) is 0 Å². The number of methoxy groups -OCH3 is 2. The molecule has 1 aliphatic rings. The Balaban J connectivity index is 2.46. The van der Waals surface area contributed by atoms with E-state index in [1.807, 2.05) is 0 Å². The van der Waals surface area contributed by atoms with Crippen LogP contribution in [0.4, 0.5) is 4.79 Å². The molecule has 0 aliphatic carbocycles. The fourth-order valence-electron chi connectivity index (χ4n) is 1.86. The summed E-state index contributed by atoms with van der Waals surface area (Å²) in [4.78, 5) is 10.6. The molecule has 6 nitrogen and oxygen atoms in total. The zero-order valence-electron chi connectivity index (χ0n) is 10.7. The highest BCUT2D eigenvalue weighted by atomic mass is 35.5. The molecule has 0 N–H and O–H groups in total. The molecule has 20 heavy (non-hydrogen) atoms. The first-order valence-corrected chi connectivity index (χ1v) is 7.30. The number of ether oxygens (including phenoxy) is 3. The Morgan fingerprint density at radius 2 is 1.80 bits per heavy atom. The van der Waals surface area contributed by atoms with Gasteiger partial charge in [-0.3, -0.25) is 0 Å². The Labute approximate surface area is 120 Å². The molecule has 0 bridgehead atoms. The molecule has 1 aliphatic heterocycles. The topological polar surface area (TPSA) is 78.9 Å². The zero-order valence-corrected chi connectivity index (χ0v) is 12.2. The molecule has 0 aromatic heterocycles. The molecule has 0 fully saturated rings. The molecule has 0 atom stereocenters. The second-order valence-corrected chi connectivity index (χ2v) is 6.17. The van der Waals surface area contributed by atoms with E-state index in [0.717, 1.165) is 0 Å². The van der Waals surface area contributed by atoms with E-state index >= 15 is 0 Å². The third kappa shape index (κ3) is 2.46. The fraction of sp³-hybridized carbons (Fsp3) is 0.250. The lowest BCUT2D eigenvalue weighted by molar-refractivity contribution is 0.185. The van der Waals surface area contributed by atoms with Crippen LogP contribution in [0.2, 0.25) is 0 Å². The molecule has 0 saturated carbocycles. The number of hydrogen-bond donors (Lipinski definition) is 0. The molecule has 1 heterocycles. The van der Waals surface area contributed by atoms with Crippen LogP contribution in [-0.4, -0.2) is 34.7 Å². The molecule has 2 rings (SSSR count). The van der Waals surface area contributed by atoms with Gasteiger partial charge in [-0.25, -0.2) is 13.2 Å². The molecule has 108 valence electrons. The summed E-state index contributed by atoms with van der Waals surface area (Å²) in [6.07, 6.45) is 1.41. The van der Waals surface area contributed by atoms with E-state index in [4.69, 9.17) is 21.1 Å². The SMILES string of the molecule is COc1cc2c(cc1OC)S(=O)(=O)C(COC(=O)Cl)=C2. The normalized spacial score (nSPS) is 15.2. The van der Waals surface area contributed by atoms with Crippen molar-refractivity contribution in [3.8, 4) is 11.5 Å². The molecular weight excluding hydrogens is 308 g/mol. The molecule has 0 radical (unpaired) electrons. The van der Waals surface area contributed by atoms with Gasteiger partial charge in [0, 0.05) is 17.7 Å². The van der Waals surface area contributed by atoms with Crippen molar-refractivity contribution in [2.75, 3.05) is 20.8 Å². The van der Waals surface area contributed by atoms with E-state index in [0.29, 0.717) is 17.1 Å². The number of hydrogen-bond acceptors (Lipinski definition) is 6. The van der Waals surface area contributed by atoms with Gasteiger partial charge in [-0.1, -0.05) is 0 Å². The Morgan fingerprint density at radius 3 is 2.35 bits per heavy atom. The Kier molecular flexibility index (Phi) is 3.92. The molecule has 0 spiro atoms. The van der Waals surface area contributed by atoms with Crippen LogP contribution in [0.1, 0.15) is 5.56 Å². The maximum absolute atomic E-state index is 12.3. The lowest BCUT2D eigenvalue weighted by Crippen LogP contribution is -2.08. The predicted molar refractivity (Wildman–Crippen MR) is 71.9 cm³/mol. The van der Waals surface area contributed by atoms with Crippen molar-refractivity contribution < 1.29 is 27.4 Å². The fourth-order valence-corrected chi connectivity index (χ4v) is 3.38. The number of carbonyl (C=O) groups excluding carboxylic acids is 1. The first kappa shape index (κ1) is 14.7. The van der Waals surface area contributed by atoms with Crippen molar-refractivity contribution in [1.29, 1.82) is 0 Å². The van der Waals surface area contributed by atoms with Crippen molar-refractivity contribution in [1.82, 2.24) is 0 Å². The molecule has 0 amide bonds. The highest BCUT2D eigenvalue weighted by molar-refractivity contribution is 7.95. The van der Waals surface area contributed by atoms with Crippen molar-refractivity contribution in [2.24, 2.45) is 0 Å². The van der Waals surface area contributed by atoms with Gasteiger partial charge in [0.05, 0.1) is 24.0 Å². The smallest absolute Gasteiger partial charge is 0.404 e. The van der Waals surface area contributed by atoms with Gasteiger partial charge in [-0.2, -0.15) is 0 Å². The van der Waals surface area contributed by atoms with Crippen LogP contribution in [-0.2, 0) is 14.6 Å². The molecule has 1 aromatic carbocycles. The van der Waals surface area contributed by atoms with Crippen molar-refractivity contribution in [3.05, 3.63) is 22.6 Å². The highest BCUT2D eigenvalue weighted by Crippen LogP contribution is 2.40. The maximum atomic E-state index is 12.3. The standard InChI is InChI=1S/C12H11ClO6S/c1-17-9-4-7-3-8(6-19-12(13)14)20(15,16)11(7)5-10(9)18-2/h3-5H,6H2,1-2H3. The van der Waals surface area contributed by atoms with Gasteiger partial charge in [0.15, 0.2) is 11.5 Å². The first-order valence-electron chi connectivity index (χ1n) is 5.44. The van der Waals surface area contributed by atoms with Crippen LogP contribution in [0.15, 0.2) is 21.9 Å². The third-order valence-corrected chi connectivity index (χ3v) is 4.76. The number of benzene rings is 1. The lowest BCUT2D eigenvalue weighted by atomic mass is 10.2.